The van der Waals surface area contributed by atoms with Crippen LogP contribution >= 0.6 is 19.5 Å². The van der Waals surface area contributed by atoms with E-state index in [1.54, 1.807) is 48.5 Å². The molecule has 4 aromatic heterocycles. The molecular weight excluding hydrogens is 1320 g/mol. The van der Waals surface area contributed by atoms with Gasteiger partial charge < -0.3 is 60.6 Å². The number of pyridine rings is 4. The fourth-order valence-corrected chi connectivity index (χ4v) is 19.1. The van der Waals surface area contributed by atoms with Gasteiger partial charge in [0.2, 0.25) is 0 Å². The maximum absolute atomic E-state index is 13.6. The average molecular weight is 1420 g/mol. The number of nitrogens with one attached hydrogen (secondary N) is 4. The molecule has 4 aliphatic heterocycles. The number of aliphatic hydroxyl groups excluding tert-OH is 2. The van der Waals surface area contributed by atoms with Gasteiger partial charge in [0.1, 0.15) is 46.5 Å². The van der Waals surface area contributed by atoms with Crippen molar-refractivity contribution in [3.63, 3.8) is 0 Å². The Bertz CT molecular complexity index is 4340. The third kappa shape index (κ3) is 17.7. The Morgan fingerprint density at radius 3 is 1.41 bits per heavy atom. The monoisotopic (exact) mass is 1420 g/mol. The highest BCUT2D eigenvalue weighted by Crippen LogP contribution is 2.60. The molecule has 6 fully saturated rings. The second-order valence-corrected chi connectivity index (χ2v) is 35.9. The number of carbonyl (C=O) groups is 2. The fourth-order valence-electron chi connectivity index (χ4n) is 14.8. The van der Waals surface area contributed by atoms with Crippen molar-refractivity contribution in [1.82, 2.24) is 19.9 Å². The van der Waals surface area contributed by atoms with E-state index in [0.29, 0.717) is 113 Å². The van der Waals surface area contributed by atoms with E-state index < -0.39 is 19.0 Å². The van der Waals surface area contributed by atoms with E-state index in [-0.39, 0.29) is 35.3 Å². The van der Waals surface area contributed by atoms with Crippen molar-refractivity contribution in [3.05, 3.63) is 149 Å². The van der Waals surface area contributed by atoms with E-state index >= 15 is 0 Å². The van der Waals surface area contributed by atoms with Crippen molar-refractivity contribution in [2.45, 2.75) is 142 Å². The first-order valence-corrected chi connectivity index (χ1v) is 37.9. The van der Waals surface area contributed by atoms with Gasteiger partial charge in [0.15, 0.2) is 0 Å². The zero-order valence-corrected chi connectivity index (χ0v) is 62.7. The predicted octanol–water partition coefficient (Wildman–Crippen LogP) is 15.1. The van der Waals surface area contributed by atoms with E-state index in [1.807, 2.05) is 27.7 Å². The van der Waals surface area contributed by atoms with Crippen LogP contribution in [0, 0.1) is 22.2 Å². The van der Waals surface area contributed by atoms with Crippen LogP contribution in [0.1, 0.15) is 147 Å². The quantitative estimate of drug-likeness (QED) is 0.0494. The summed E-state index contributed by atoms with van der Waals surface area (Å²) in [6.45, 7) is 30.7. The highest BCUT2D eigenvalue weighted by atomic mass is 35.5. The molecule has 2 spiro atoms. The standard InChI is InChI=1S/C28H31P.C27H35N7O3.C26H35ClN6O3/c1-27(2,3)29(28(4,5)6)25-19-18-21-13-8-10-16-23(21)26(25)24-17-11-14-20-12-7-9-15-22(20)24;1-26(2,18-35)32-21-4-3-20(24(30-21)34-9-7-27(5-6-27)8-10-34)25(36)31-22-15-19(17-28)16-23(29-22)33-11-13-37-14-12-33;1-25(2,17-34)31-20-4-3-19(23(29-20)33-9-7-26(5-6-26)8-10-33)24(35)30-21-15-18(27)16-22(28-21)32-11-13-36-14-12-32/h7-19H,1-6H3;3-4,15-16,35H,5-14,18H2,1-2H3,(H,30,32)(H,29,31,36);3-4,15-16,34H,5-14,17H2,1-2H3,(H,29,31)(H,28,30,35). The number of piperidine rings is 2. The maximum Gasteiger partial charge on any atom is 0.260 e. The molecule has 8 aromatic rings. The average Bonchev–Trinajstić information content (AvgIpc) is 1.21. The number of ether oxygens (including phenoxy) is 2. The number of nitrogens with zero attached hydrogens (tertiary/aromatic N) is 9. The molecule has 6 aliphatic rings. The van der Waals surface area contributed by atoms with Gasteiger partial charge in [0.05, 0.1) is 73.5 Å². The van der Waals surface area contributed by atoms with Gasteiger partial charge in [0, 0.05) is 57.4 Å². The van der Waals surface area contributed by atoms with Crippen LogP contribution in [-0.2, 0) is 9.47 Å². The molecule has 0 bridgehead atoms. The number of aromatic nitrogens is 4. The summed E-state index contributed by atoms with van der Waals surface area (Å²) in [7, 11) is -0.411. The first-order valence-electron chi connectivity index (χ1n) is 36.2. The van der Waals surface area contributed by atoms with E-state index in [9.17, 15) is 25.1 Å². The zero-order valence-electron chi connectivity index (χ0n) is 61.1. The molecule has 2 saturated carbocycles. The minimum Gasteiger partial charge on any atom is -0.394 e. The van der Waals surface area contributed by atoms with Crippen LogP contribution in [0.5, 0.6) is 0 Å². The summed E-state index contributed by atoms with van der Waals surface area (Å²) in [4.78, 5) is 54.6. The number of rotatable bonds is 16. The lowest BCUT2D eigenvalue weighted by Crippen LogP contribution is -2.38. The topological polar surface area (TPSA) is 229 Å². The Morgan fingerprint density at radius 2 is 0.951 bits per heavy atom. The van der Waals surface area contributed by atoms with E-state index in [2.05, 4.69) is 177 Å². The van der Waals surface area contributed by atoms with Gasteiger partial charge >= 0.3 is 0 Å². The van der Waals surface area contributed by atoms with E-state index in [4.69, 9.17) is 31.0 Å². The lowest BCUT2D eigenvalue weighted by molar-refractivity contribution is 0.101. The Kier molecular flexibility index (Phi) is 22.1. The van der Waals surface area contributed by atoms with Gasteiger partial charge in [-0.3, -0.25) is 9.59 Å². The van der Waals surface area contributed by atoms with Gasteiger partial charge in [-0.05, 0) is 187 Å². The molecule has 2 aliphatic carbocycles. The van der Waals surface area contributed by atoms with Crippen molar-refractivity contribution >= 4 is 105 Å². The SMILES string of the molecule is CC(C)(C)P(c1ccc2ccccc2c1-c1cccc2ccccc12)C(C)(C)C.CC(C)(CO)Nc1ccc(C(=O)Nc2cc(C#N)cc(N3CCOCC3)n2)c(N2CCC3(CC2)CC3)n1.CC(C)(CO)Nc1ccc(C(=O)Nc2cc(Cl)cc(N3CCOCC3)n2)c(N2CCC3(CC2)CC3)n1. The second-order valence-electron chi connectivity index (χ2n) is 31.7. The minimum atomic E-state index is -0.550. The molecule has 538 valence electrons. The van der Waals surface area contributed by atoms with E-state index in [1.165, 1.54) is 63.7 Å². The minimum absolute atomic E-state index is 0.0373. The molecule has 21 heteroatoms. The van der Waals surface area contributed by atoms with Crippen molar-refractivity contribution < 1.29 is 29.3 Å². The number of aliphatic hydroxyl groups is 2. The second kappa shape index (κ2) is 30.6. The normalized spacial score (nSPS) is 17.3. The third-order valence-electron chi connectivity index (χ3n) is 20.5. The summed E-state index contributed by atoms with van der Waals surface area (Å²) >= 11 is 6.38. The van der Waals surface area contributed by atoms with E-state index in [0.717, 1.165) is 70.8 Å². The molecule has 4 saturated heterocycles. The lowest BCUT2D eigenvalue weighted by atomic mass is 9.93. The van der Waals surface area contributed by atoms with Crippen LogP contribution in [0.25, 0.3) is 32.7 Å². The summed E-state index contributed by atoms with van der Waals surface area (Å²) in [5.41, 5.74) is 4.08. The Balaban J connectivity index is 0.000000146. The number of carbonyl (C=O) groups excluding carboxylic acids is 2. The number of fused-ring (bicyclic) bond motifs is 2. The first-order chi connectivity index (χ1) is 48.7. The van der Waals surface area contributed by atoms with Crippen molar-refractivity contribution in [2.24, 2.45) is 10.8 Å². The number of nitriles is 1. The lowest BCUT2D eigenvalue weighted by Gasteiger charge is -2.43. The third-order valence-corrected chi connectivity index (χ3v) is 24.3. The molecule has 19 nitrogen and oxygen atoms in total. The van der Waals surface area contributed by atoms with Crippen LogP contribution in [0.15, 0.2) is 127 Å². The Hall–Kier alpha value is -8.21. The number of benzene rings is 4. The summed E-state index contributed by atoms with van der Waals surface area (Å²) in [6, 6.07) is 45.2. The highest BCUT2D eigenvalue weighted by molar-refractivity contribution is 7.68. The van der Waals surface area contributed by atoms with Crippen molar-refractivity contribution in [3.8, 4) is 17.2 Å². The number of hydrogen-bond donors (Lipinski definition) is 6. The smallest absolute Gasteiger partial charge is 0.260 e. The summed E-state index contributed by atoms with van der Waals surface area (Å²) in [5.74, 6) is 4.00. The number of morpholine rings is 2. The molecular formula is C81H101ClN13O6P. The maximum atomic E-state index is 13.6. The van der Waals surface area contributed by atoms with Crippen LogP contribution in [0.3, 0.4) is 0 Å². The highest BCUT2D eigenvalue weighted by Gasteiger charge is 2.46. The van der Waals surface area contributed by atoms with Crippen LogP contribution < -0.4 is 46.2 Å². The number of halogens is 1. The summed E-state index contributed by atoms with van der Waals surface area (Å²) < 4.78 is 10.9. The summed E-state index contributed by atoms with van der Waals surface area (Å²) in [6.07, 6.45) is 9.64. The van der Waals surface area contributed by atoms with Gasteiger partial charge in [0.25, 0.3) is 11.8 Å². The van der Waals surface area contributed by atoms with Crippen LogP contribution in [0.4, 0.5) is 46.5 Å². The Labute approximate surface area is 607 Å². The van der Waals surface area contributed by atoms with Crippen molar-refractivity contribution in [2.75, 3.05) is 133 Å². The summed E-state index contributed by atoms with van der Waals surface area (Å²) in [5, 5.41) is 49.2. The molecule has 8 heterocycles. The predicted molar refractivity (Wildman–Crippen MR) is 417 cm³/mol. The first kappa shape index (κ1) is 73.5. The van der Waals surface area contributed by atoms with Crippen molar-refractivity contribution in [1.29, 1.82) is 5.26 Å². The van der Waals surface area contributed by atoms with Gasteiger partial charge in [-0.25, -0.2) is 19.9 Å². The number of anilines is 8. The fraction of sp³-hybridized carbons (Fsp3) is 0.469. The van der Waals surface area contributed by atoms with Gasteiger partial charge in [-0.2, -0.15) is 5.26 Å². The molecule has 102 heavy (non-hydrogen) atoms. The zero-order chi connectivity index (χ0) is 72.2. The van der Waals surface area contributed by atoms with Crippen LogP contribution in [0.2, 0.25) is 5.02 Å². The van der Waals surface area contributed by atoms with Gasteiger partial charge in [-0.15, -0.1) is 0 Å². The molecule has 4 aromatic carbocycles. The molecule has 6 N–H and O–H groups in total. The molecule has 2 amide bonds. The van der Waals surface area contributed by atoms with Crippen LogP contribution in [-0.4, -0.2) is 155 Å². The van der Waals surface area contributed by atoms with Gasteiger partial charge in [-0.1, -0.05) is 140 Å². The number of hydrogen-bond acceptors (Lipinski definition) is 17. The molecule has 14 rings (SSSR count). The Morgan fingerprint density at radius 1 is 0.510 bits per heavy atom. The molecule has 0 radical (unpaired) electrons. The number of amides is 2. The molecule has 0 atom stereocenters. The molecule has 0 unspecified atom stereocenters. The largest absolute Gasteiger partial charge is 0.394 e.